The average Bonchev–Trinajstić information content (AvgIpc) is 2.26. The van der Waals surface area contributed by atoms with Crippen molar-refractivity contribution in [3.63, 3.8) is 0 Å². The van der Waals surface area contributed by atoms with Gasteiger partial charge in [0.15, 0.2) is 0 Å². The molecule has 0 radical (unpaired) electrons. The number of hydrogen-bond donors (Lipinski definition) is 1. The molecule has 0 amide bonds. The van der Waals surface area contributed by atoms with E-state index in [4.69, 9.17) is 0 Å². The Bertz CT molecular complexity index is 230. The van der Waals surface area contributed by atoms with Crippen molar-refractivity contribution in [1.29, 1.82) is 0 Å². The molecule has 0 N–H and O–H groups in total. The Morgan fingerprint density at radius 3 is 2.82 bits per heavy atom. The van der Waals surface area contributed by atoms with E-state index in [2.05, 4.69) is 24.7 Å². The third-order valence-electron chi connectivity index (χ3n) is 1.69. The second-order valence-corrected chi connectivity index (χ2v) is 3.21. The summed E-state index contributed by atoms with van der Waals surface area (Å²) in [6.45, 7) is 2.10. The molecule has 62 valence electrons. The van der Waals surface area contributed by atoms with E-state index in [-0.39, 0.29) is 0 Å². The molecule has 11 heavy (non-hydrogen) atoms. The van der Waals surface area contributed by atoms with Gasteiger partial charge in [-0.1, -0.05) is 0 Å². The predicted molar refractivity (Wildman–Crippen MR) is 50.1 cm³/mol. The molecule has 0 aliphatic carbocycles. The zero-order valence-corrected chi connectivity index (χ0v) is 7.93. The summed E-state index contributed by atoms with van der Waals surface area (Å²) in [5.74, 6) is 0.940. The number of hydrogen-bond acceptors (Lipinski definition) is 2. The first-order valence-corrected chi connectivity index (χ1v) is 4.47. The number of aromatic nitrogens is 2. The minimum atomic E-state index is 0.940. The van der Waals surface area contributed by atoms with Crippen LogP contribution < -0.4 is 0 Å². The lowest BCUT2D eigenvalue weighted by Crippen LogP contribution is -1.92. The molecule has 1 aromatic rings. The standard InChI is InChI=1S/C8H14N2S/c1-7-6-10(2)9-8(7)4-3-5-11/h6,11H,3-5H2,1-2H3. The van der Waals surface area contributed by atoms with Crippen LogP contribution in [0.25, 0.3) is 0 Å². The quantitative estimate of drug-likeness (QED) is 0.682. The normalized spacial score (nSPS) is 10.5. The Balaban J connectivity index is 2.62. The van der Waals surface area contributed by atoms with E-state index < -0.39 is 0 Å². The van der Waals surface area contributed by atoms with Crippen LogP contribution in [-0.2, 0) is 13.5 Å². The first-order chi connectivity index (χ1) is 5.24. The Hall–Kier alpha value is -0.440. The lowest BCUT2D eigenvalue weighted by molar-refractivity contribution is 0.734. The topological polar surface area (TPSA) is 17.8 Å². The van der Waals surface area contributed by atoms with Crippen LogP contribution in [0.2, 0.25) is 0 Å². The fourth-order valence-electron chi connectivity index (χ4n) is 1.15. The molecule has 0 saturated heterocycles. The van der Waals surface area contributed by atoms with E-state index >= 15 is 0 Å². The summed E-state index contributed by atoms with van der Waals surface area (Å²) in [5, 5.41) is 4.33. The third-order valence-corrected chi connectivity index (χ3v) is 2.00. The zero-order chi connectivity index (χ0) is 8.27. The Labute approximate surface area is 73.0 Å². The van der Waals surface area contributed by atoms with Crippen molar-refractivity contribution in [2.24, 2.45) is 7.05 Å². The van der Waals surface area contributed by atoms with E-state index in [9.17, 15) is 0 Å². The number of thiol groups is 1. The third kappa shape index (κ3) is 2.26. The van der Waals surface area contributed by atoms with Gasteiger partial charge < -0.3 is 0 Å². The summed E-state index contributed by atoms with van der Waals surface area (Å²) < 4.78 is 1.86. The van der Waals surface area contributed by atoms with Crippen LogP contribution in [0.1, 0.15) is 17.7 Å². The van der Waals surface area contributed by atoms with E-state index in [1.807, 2.05) is 17.9 Å². The van der Waals surface area contributed by atoms with Crippen molar-refractivity contribution in [3.8, 4) is 0 Å². The molecule has 3 heteroatoms. The molecule has 1 aromatic heterocycles. The molecular weight excluding hydrogens is 156 g/mol. The Morgan fingerprint density at radius 2 is 2.36 bits per heavy atom. The SMILES string of the molecule is Cc1cn(C)nc1CCCS. The zero-order valence-electron chi connectivity index (χ0n) is 7.04. The molecule has 2 nitrogen and oxygen atoms in total. The van der Waals surface area contributed by atoms with E-state index in [0.29, 0.717) is 0 Å². The first kappa shape index (κ1) is 8.65. The van der Waals surface area contributed by atoms with Crippen LogP contribution in [0, 0.1) is 6.92 Å². The molecule has 0 unspecified atom stereocenters. The molecule has 0 bridgehead atoms. The average molecular weight is 170 g/mol. The molecule has 0 atom stereocenters. The lowest BCUT2D eigenvalue weighted by atomic mass is 10.2. The van der Waals surface area contributed by atoms with Gasteiger partial charge in [-0.2, -0.15) is 17.7 Å². The molecule has 1 rings (SSSR count). The van der Waals surface area contributed by atoms with Gasteiger partial charge in [0.1, 0.15) is 0 Å². The van der Waals surface area contributed by atoms with E-state index in [0.717, 1.165) is 18.6 Å². The molecule has 0 saturated carbocycles. The first-order valence-electron chi connectivity index (χ1n) is 3.84. The Kier molecular flexibility index (Phi) is 3.00. The van der Waals surface area contributed by atoms with Crippen LogP contribution in [0.5, 0.6) is 0 Å². The molecule has 0 aromatic carbocycles. The second kappa shape index (κ2) is 3.81. The molecule has 0 aliphatic rings. The minimum absolute atomic E-state index is 0.940. The van der Waals surface area contributed by atoms with Crippen LogP contribution in [-0.4, -0.2) is 15.5 Å². The monoisotopic (exact) mass is 170 g/mol. The number of rotatable bonds is 3. The number of aryl methyl sites for hydroxylation is 3. The van der Waals surface area contributed by atoms with Gasteiger partial charge in [-0.15, -0.1) is 0 Å². The predicted octanol–water partition coefficient (Wildman–Crippen LogP) is 1.59. The summed E-state index contributed by atoms with van der Waals surface area (Å²) in [7, 11) is 1.96. The largest absolute Gasteiger partial charge is 0.275 e. The maximum atomic E-state index is 4.33. The van der Waals surface area contributed by atoms with E-state index in [1.54, 1.807) is 0 Å². The van der Waals surface area contributed by atoms with Crippen molar-refractivity contribution >= 4 is 12.6 Å². The smallest absolute Gasteiger partial charge is 0.0653 e. The molecule has 0 fully saturated rings. The highest BCUT2D eigenvalue weighted by atomic mass is 32.1. The molecular formula is C8H14N2S. The number of nitrogens with zero attached hydrogens (tertiary/aromatic N) is 2. The second-order valence-electron chi connectivity index (χ2n) is 2.76. The van der Waals surface area contributed by atoms with Crippen molar-refractivity contribution in [3.05, 3.63) is 17.5 Å². The minimum Gasteiger partial charge on any atom is -0.275 e. The van der Waals surface area contributed by atoms with Gasteiger partial charge in [0.2, 0.25) is 0 Å². The highest BCUT2D eigenvalue weighted by molar-refractivity contribution is 7.80. The van der Waals surface area contributed by atoms with Crippen LogP contribution >= 0.6 is 12.6 Å². The molecule has 1 heterocycles. The fourth-order valence-corrected chi connectivity index (χ4v) is 1.30. The summed E-state index contributed by atoms with van der Waals surface area (Å²) in [6.07, 6.45) is 4.21. The molecule has 0 aliphatic heterocycles. The van der Waals surface area contributed by atoms with Crippen molar-refractivity contribution in [2.75, 3.05) is 5.75 Å². The van der Waals surface area contributed by atoms with Crippen LogP contribution in [0.3, 0.4) is 0 Å². The maximum Gasteiger partial charge on any atom is 0.0653 e. The summed E-state index contributed by atoms with van der Waals surface area (Å²) in [4.78, 5) is 0. The summed E-state index contributed by atoms with van der Waals surface area (Å²) in [6, 6.07) is 0. The van der Waals surface area contributed by atoms with Gasteiger partial charge in [-0.3, -0.25) is 4.68 Å². The van der Waals surface area contributed by atoms with Crippen LogP contribution in [0.4, 0.5) is 0 Å². The van der Waals surface area contributed by atoms with Gasteiger partial charge in [-0.25, -0.2) is 0 Å². The van der Waals surface area contributed by atoms with Gasteiger partial charge in [-0.05, 0) is 31.1 Å². The maximum absolute atomic E-state index is 4.33. The van der Waals surface area contributed by atoms with Crippen molar-refractivity contribution in [1.82, 2.24) is 9.78 Å². The van der Waals surface area contributed by atoms with Crippen molar-refractivity contribution in [2.45, 2.75) is 19.8 Å². The highest BCUT2D eigenvalue weighted by Gasteiger charge is 2.00. The van der Waals surface area contributed by atoms with Gasteiger partial charge in [0.25, 0.3) is 0 Å². The van der Waals surface area contributed by atoms with Gasteiger partial charge in [0, 0.05) is 13.2 Å². The summed E-state index contributed by atoms with van der Waals surface area (Å²) >= 11 is 4.16. The van der Waals surface area contributed by atoms with Gasteiger partial charge >= 0.3 is 0 Å². The van der Waals surface area contributed by atoms with Crippen molar-refractivity contribution < 1.29 is 0 Å². The fraction of sp³-hybridized carbons (Fsp3) is 0.625. The van der Waals surface area contributed by atoms with Crippen LogP contribution in [0.15, 0.2) is 6.20 Å². The molecule has 0 spiro atoms. The Morgan fingerprint density at radius 1 is 1.64 bits per heavy atom. The lowest BCUT2D eigenvalue weighted by Gasteiger charge is -1.93. The highest BCUT2D eigenvalue weighted by Crippen LogP contribution is 2.06. The summed E-state index contributed by atoms with van der Waals surface area (Å²) in [5.41, 5.74) is 2.50. The van der Waals surface area contributed by atoms with E-state index in [1.165, 1.54) is 11.3 Å². The van der Waals surface area contributed by atoms with Gasteiger partial charge in [0.05, 0.1) is 5.69 Å².